The van der Waals surface area contributed by atoms with Crippen LogP contribution in [-0.4, -0.2) is 54.7 Å². The lowest BCUT2D eigenvalue weighted by Gasteiger charge is -2.24. The minimum atomic E-state index is -1.10. The fraction of sp³-hybridized carbons (Fsp3) is 0.312. The predicted octanol–water partition coefficient (Wildman–Crippen LogP) is 6.01. The van der Waals surface area contributed by atoms with Crippen LogP contribution in [0.3, 0.4) is 0 Å². The molecule has 43 heavy (non-hydrogen) atoms. The maximum absolute atomic E-state index is 13.7. The van der Waals surface area contributed by atoms with Gasteiger partial charge in [-0.3, -0.25) is 14.5 Å². The highest BCUT2D eigenvalue weighted by Gasteiger charge is 2.48. The number of aliphatic hydroxyl groups is 1. The molecule has 1 saturated heterocycles. The van der Waals surface area contributed by atoms with Crippen molar-refractivity contribution in [2.75, 3.05) is 31.8 Å². The van der Waals surface area contributed by atoms with Crippen molar-refractivity contribution in [2.24, 2.45) is 0 Å². The van der Waals surface area contributed by atoms with Crippen LogP contribution in [0.1, 0.15) is 59.2 Å². The van der Waals surface area contributed by atoms with Crippen molar-refractivity contribution in [2.45, 2.75) is 39.7 Å². The molecule has 10 nitrogen and oxygen atoms in total. The number of ketones is 1. The molecule has 1 amide bonds. The number of benzene rings is 2. The van der Waals surface area contributed by atoms with Crippen LogP contribution in [0.4, 0.5) is 5.13 Å². The Labute approximate surface area is 254 Å². The summed E-state index contributed by atoms with van der Waals surface area (Å²) in [5.41, 5.74) is 0.940. The van der Waals surface area contributed by atoms with Crippen LogP contribution in [0, 0.1) is 6.92 Å². The summed E-state index contributed by atoms with van der Waals surface area (Å²) in [5, 5.41) is 11.6. The molecule has 3 aromatic rings. The Kier molecular flexibility index (Phi) is 10.2. The highest BCUT2D eigenvalue weighted by atomic mass is 32.1. The average Bonchev–Trinajstić information content (AvgIpc) is 3.52. The molecule has 2 aromatic carbocycles. The number of unbranched alkanes of at least 4 members (excludes halogenated alkanes) is 1. The van der Waals surface area contributed by atoms with E-state index in [0.717, 1.165) is 24.2 Å². The van der Waals surface area contributed by atoms with E-state index in [4.69, 9.17) is 18.9 Å². The first-order valence-electron chi connectivity index (χ1n) is 13.9. The number of ether oxygens (including phenoxy) is 4. The van der Waals surface area contributed by atoms with Gasteiger partial charge in [-0.2, -0.15) is 0 Å². The van der Waals surface area contributed by atoms with Crippen molar-refractivity contribution >= 4 is 39.9 Å². The molecule has 1 fully saturated rings. The smallest absolute Gasteiger partial charge is 0.350 e. The first kappa shape index (κ1) is 31.3. The number of methoxy groups -OCH3 is 1. The number of aryl methyl sites for hydroxylation is 1. The molecule has 0 spiro atoms. The first-order valence-corrected chi connectivity index (χ1v) is 14.7. The third-order valence-electron chi connectivity index (χ3n) is 6.63. The molecule has 1 aromatic heterocycles. The number of anilines is 1. The average molecular weight is 607 g/mol. The first-order chi connectivity index (χ1) is 20.7. The molecular weight excluding hydrogens is 572 g/mol. The van der Waals surface area contributed by atoms with E-state index >= 15 is 0 Å². The van der Waals surface area contributed by atoms with Gasteiger partial charge >= 0.3 is 11.9 Å². The molecule has 1 N–H and O–H groups in total. The molecule has 0 saturated carbocycles. The summed E-state index contributed by atoms with van der Waals surface area (Å²) >= 11 is 0.918. The Morgan fingerprint density at radius 2 is 1.93 bits per heavy atom. The monoisotopic (exact) mass is 606 g/mol. The molecule has 4 rings (SSSR count). The summed E-state index contributed by atoms with van der Waals surface area (Å²) in [4.78, 5) is 45.8. The van der Waals surface area contributed by atoms with Gasteiger partial charge in [0.05, 0.1) is 37.6 Å². The lowest BCUT2D eigenvalue weighted by molar-refractivity contribution is -0.132. The molecule has 226 valence electrons. The number of carbonyl (C=O) groups excluding carboxylic acids is 3. The number of esters is 1. The number of rotatable bonds is 13. The Morgan fingerprint density at radius 1 is 1.14 bits per heavy atom. The van der Waals surface area contributed by atoms with Crippen LogP contribution >= 0.6 is 11.3 Å². The van der Waals surface area contributed by atoms with Crippen LogP contribution in [0.2, 0.25) is 0 Å². The summed E-state index contributed by atoms with van der Waals surface area (Å²) < 4.78 is 22.2. The second-order valence-electron chi connectivity index (χ2n) is 9.54. The Hall–Kier alpha value is -4.64. The van der Waals surface area contributed by atoms with E-state index in [9.17, 15) is 19.5 Å². The van der Waals surface area contributed by atoms with E-state index in [2.05, 4.69) is 18.5 Å². The van der Waals surface area contributed by atoms with Crippen molar-refractivity contribution in [1.29, 1.82) is 0 Å². The number of hydrogen-bond acceptors (Lipinski definition) is 10. The third kappa shape index (κ3) is 6.56. The summed E-state index contributed by atoms with van der Waals surface area (Å²) in [7, 11) is 1.49. The summed E-state index contributed by atoms with van der Waals surface area (Å²) in [6, 6.07) is 10.6. The second-order valence-corrected chi connectivity index (χ2v) is 10.5. The Balaban J connectivity index is 1.89. The number of hydrogen-bond donors (Lipinski definition) is 1. The van der Waals surface area contributed by atoms with Crippen molar-refractivity contribution in [1.82, 2.24) is 4.98 Å². The lowest BCUT2D eigenvalue weighted by Crippen LogP contribution is -2.29. The minimum absolute atomic E-state index is 0.00327. The molecule has 1 unspecified atom stereocenters. The number of aliphatic hydroxyl groups excluding tert-OH is 1. The van der Waals surface area contributed by atoms with Gasteiger partial charge in [-0.1, -0.05) is 55.5 Å². The molecule has 1 aliphatic rings. The van der Waals surface area contributed by atoms with Gasteiger partial charge in [0.1, 0.15) is 23.0 Å². The number of aromatic nitrogens is 1. The SMILES string of the molecule is C=CCOC(=O)c1sc(N2C(=O)C(=O)/C(=C(/O)c3cccc(OCC)c3)C2c2ccc(OCCCC)c(OC)c2)nc1C. The molecule has 1 aliphatic heterocycles. The van der Waals surface area contributed by atoms with Crippen LogP contribution in [0.15, 0.2) is 60.7 Å². The van der Waals surface area contributed by atoms with Crippen molar-refractivity contribution in [3.8, 4) is 17.2 Å². The van der Waals surface area contributed by atoms with Crippen LogP contribution in [0.5, 0.6) is 17.2 Å². The van der Waals surface area contributed by atoms with E-state index in [0.29, 0.717) is 47.3 Å². The minimum Gasteiger partial charge on any atom is -0.507 e. The third-order valence-corrected chi connectivity index (χ3v) is 7.77. The number of amides is 1. The number of carbonyl (C=O) groups is 3. The maximum atomic E-state index is 13.7. The summed E-state index contributed by atoms with van der Waals surface area (Å²) in [6.07, 6.45) is 3.25. The summed E-state index contributed by atoms with van der Waals surface area (Å²) in [6.45, 7) is 9.95. The fourth-order valence-electron chi connectivity index (χ4n) is 4.58. The van der Waals surface area contributed by atoms with E-state index in [1.165, 1.54) is 18.1 Å². The zero-order chi connectivity index (χ0) is 31.1. The molecule has 2 heterocycles. The molecule has 0 aliphatic carbocycles. The van der Waals surface area contributed by atoms with E-state index in [1.807, 2.05) is 6.92 Å². The second kappa shape index (κ2) is 14.0. The molecule has 0 bridgehead atoms. The van der Waals surface area contributed by atoms with Gasteiger partial charge in [-0.25, -0.2) is 9.78 Å². The molecule has 11 heteroatoms. The van der Waals surface area contributed by atoms with E-state index < -0.39 is 23.7 Å². The lowest BCUT2D eigenvalue weighted by atomic mass is 9.95. The van der Waals surface area contributed by atoms with Gasteiger partial charge in [-0.05, 0) is 50.1 Å². The number of thiazole rings is 1. The van der Waals surface area contributed by atoms with E-state index in [-0.39, 0.29) is 27.9 Å². The largest absolute Gasteiger partial charge is 0.507 e. The van der Waals surface area contributed by atoms with Gasteiger partial charge in [0.25, 0.3) is 5.78 Å². The Morgan fingerprint density at radius 3 is 2.63 bits per heavy atom. The molecule has 1 atom stereocenters. The van der Waals surface area contributed by atoms with Crippen LogP contribution < -0.4 is 19.1 Å². The maximum Gasteiger partial charge on any atom is 0.350 e. The van der Waals surface area contributed by atoms with Gasteiger partial charge < -0.3 is 24.1 Å². The summed E-state index contributed by atoms with van der Waals surface area (Å²) in [5.74, 6) is -1.44. The van der Waals surface area contributed by atoms with Gasteiger partial charge in [0.15, 0.2) is 16.6 Å². The molecular formula is C32H34N2O8S. The molecule has 0 radical (unpaired) electrons. The fourth-order valence-corrected chi connectivity index (χ4v) is 5.56. The van der Waals surface area contributed by atoms with Crippen LogP contribution in [-0.2, 0) is 14.3 Å². The van der Waals surface area contributed by atoms with Crippen molar-refractivity contribution in [3.05, 3.63) is 82.4 Å². The van der Waals surface area contributed by atoms with Crippen LogP contribution in [0.25, 0.3) is 5.76 Å². The number of nitrogens with zero attached hydrogens (tertiary/aromatic N) is 2. The standard InChI is InChI=1S/C32H34N2O8S/c1-6-9-16-41-23-14-13-20(18-24(23)39-5)26-25(27(35)21-11-10-12-22(17-21)40-8-3)28(36)30(37)34(26)32-33-19(4)29(43-32)31(38)42-15-7-2/h7,10-14,17-18,26,35H,2,6,8-9,15-16H2,1,3-5H3/b27-25+. The zero-order valence-corrected chi connectivity index (χ0v) is 25.4. The Bertz CT molecular complexity index is 1560. The van der Waals surface area contributed by atoms with Gasteiger partial charge in [-0.15, -0.1) is 0 Å². The van der Waals surface area contributed by atoms with Gasteiger partial charge in [0, 0.05) is 5.56 Å². The van der Waals surface area contributed by atoms with E-state index in [1.54, 1.807) is 49.4 Å². The zero-order valence-electron chi connectivity index (χ0n) is 24.5. The number of Topliss-reactive ketones (excluding diaryl/α,β-unsaturated/α-hetero) is 1. The topological polar surface area (TPSA) is 124 Å². The quantitative estimate of drug-likeness (QED) is 0.0622. The normalized spacial score (nSPS) is 15.8. The van der Waals surface area contributed by atoms with Crippen molar-refractivity contribution in [3.63, 3.8) is 0 Å². The highest BCUT2D eigenvalue weighted by Crippen LogP contribution is 2.45. The van der Waals surface area contributed by atoms with Gasteiger partial charge in [0.2, 0.25) is 0 Å². The van der Waals surface area contributed by atoms with Crippen molar-refractivity contribution < 1.29 is 38.4 Å². The highest BCUT2D eigenvalue weighted by molar-refractivity contribution is 7.17. The predicted molar refractivity (Wildman–Crippen MR) is 163 cm³/mol.